The minimum Gasteiger partial charge on any atom is -0.337 e. The third kappa shape index (κ3) is 4.59. The van der Waals surface area contributed by atoms with Crippen LogP contribution in [-0.4, -0.2) is 36.1 Å². The summed E-state index contributed by atoms with van der Waals surface area (Å²) >= 11 is 0. The number of rotatable bonds is 7. The summed E-state index contributed by atoms with van der Waals surface area (Å²) in [6.07, 6.45) is 5.43. The highest BCUT2D eigenvalue weighted by atomic mass is 16.1. The van der Waals surface area contributed by atoms with Gasteiger partial charge in [0, 0.05) is 32.5 Å². The van der Waals surface area contributed by atoms with E-state index in [0.29, 0.717) is 23.5 Å². The van der Waals surface area contributed by atoms with Crippen LogP contribution in [0.2, 0.25) is 0 Å². The van der Waals surface area contributed by atoms with E-state index in [1.165, 1.54) is 0 Å². The summed E-state index contributed by atoms with van der Waals surface area (Å²) in [6.45, 7) is 10.0. The molecular weight excluding hydrogens is 402 g/mol. The minimum absolute atomic E-state index is 0.00824. The topological polar surface area (TPSA) is 84.6 Å². The first-order valence-electron chi connectivity index (χ1n) is 11.0. The molecule has 0 spiro atoms. The lowest BCUT2D eigenvalue weighted by Crippen LogP contribution is -2.35. The van der Waals surface area contributed by atoms with Crippen LogP contribution in [0.4, 0.5) is 5.95 Å². The van der Waals surface area contributed by atoms with Gasteiger partial charge < -0.3 is 4.90 Å². The SMILES string of the molecule is CCCc1nn(C)c2c(=O)[nH]c(N(Cc3cccc(-n4cccn4)c3)CC(C)(C)C)nc12. The Kier molecular flexibility index (Phi) is 5.86. The zero-order chi connectivity index (χ0) is 22.9. The second-order valence-electron chi connectivity index (χ2n) is 9.44. The monoisotopic (exact) mass is 433 g/mol. The van der Waals surface area contributed by atoms with E-state index in [4.69, 9.17) is 4.98 Å². The van der Waals surface area contributed by atoms with Gasteiger partial charge in [0.25, 0.3) is 5.56 Å². The van der Waals surface area contributed by atoms with E-state index in [1.54, 1.807) is 17.9 Å². The summed E-state index contributed by atoms with van der Waals surface area (Å²) in [7, 11) is 1.80. The fourth-order valence-electron chi connectivity index (χ4n) is 4.01. The summed E-state index contributed by atoms with van der Waals surface area (Å²) in [6, 6.07) is 10.2. The molecule has 0 aliphatic carbocycles. The molecule has 3 aromatic heterocycles. The standard InChI is InChI=1S/C24H31N7O/c1-6-9-19-20-21(29(5)28-19)22(32)27-23(26-20)30(16-24(2,3)4)15-17-10-7-11-18(14-17)31-13-8-12-25-31/h7-8,10-14H,6,9,15-16H2,1-5H3,(H,26,27,32). The average Bonchev–Trinajstić information content (AvgIpc) is 3.36. The van der Waals surface area contributed by atoms with E-state index >= 15 is 0 Å². The molecule has 0 fully saturated rings. The van der Waals surface area contributed by atoms with Gasteiger partial charge in [0.15, 0.2) is 5.52 Å². The number of aromatic nitrogens is 6. The lowest BCUT2D eigenvalue weighted by molar-refractivity contribution is 0.406. The molecular formula is C24H31N7O. The summed E-state index contributed by atoms with van der Waals surface area (Å²) < 4.78 is 3.48. The van der Waals surface area contributed by atoms with Gasteiger partial charge in [0.05, 0.1) is 11.4 Å². The lowest BCUT2D eigenvalue weighted by Gasteiger charge is -2.30. The molecule has 0 bridgehead atoms. The van der Waals surface area contributed by atoms with E-state index in [-0.39, 0.29) is 11.0 Å². The van der Waals surface area contributed by atoms with Crippen LogP contribution in [-0.2, 0) is 20.0 Å². The Morgan fingerprint density at radius 3 is 2.69 bits per heavy atom. The average molecular weight is 434 g/mol. The Balaban J connectivity index is 1.76. The molecule has 0 saturated heterocycles. The van der Waals surface area contributed by atoms with Crippen LogP contribution in [0, 0.1) is 5.41 Å². The molecule has 4 aromatic rings. The van der Waals surface area contributed by atoms with Crippen LogP contribution < -0.4 is 10.5 Å². The van der Waals surface area contributed by atoms with Gasteiger partial charge in [-0.05, 0) is 35.6 Å². The van der Waals surface area contributed by atoms with Crippen molar-refractivity contribution in [2.24, 2.45) is 12.5 Å². The Morgan fingerprint density at radius 2 is 2.00 bits per heavy atom. The number of aromatic amines is 1. The van der Waals surface area contributed by atoms with Gasteiger partial charge >= 0.3 is 0 Å². The normalized spacial score (nSPS) is 11.9. The number of fused-ring (bicyclic) bond motifs is 1. The molecule has 0 unspecified atom stereocenters. The fourth-order valence-corrected chi connectivity index (χ4v) is 4.01. The number of nitrogens with zero attached hydrogens (tertiary/aromatic N) is 6. The maximum absolute atomic E-state index is 13.0. The molecule has 0 atom stereocenters. The Bertz CT molecular complexity index is 1260. The maximum atomic E-state index is 13.0. The van der Waals surface area contributed by atoms with Crippen LogP contribution in [0.15, 0.2) is 47.5 Å². The van der Waals surface area contributed by atoms with Crippen molar-refractivity contribution in [2.75, 3.05) is 11.4 Å². The van der Waals surface area contributed by atoms with Gasteiger partial charge in [-0.15, -0.1) is 0 Å². The van der Waals surface area contributed by atoms with E-state index in [2.05, 4.69) is 59.9 Å². The molecule has 0 saturated carbocycles. The van der Waals surface area contributed by atoms with Crippen molar-refractivity contribution in [3.63, 3.8) is 0 Å². The molecule has 1 aromatic carbocycles. The summed E-state index contributed by atoms with van der Waals surface area (Å²) in [5.74, 6) is 0.576. The number of aryl methyl sites for hydroxylation is 2. The summed E-state index contributed by atoms with van der Waals surface area (Å²) in [4.78, 5) is 23.0. The second kappa shape index (κ2) is 8.61. The summed E-state index contributed by atoms with van der Waals surface area (Å²) in [5.41, 5.74) is 4.04. The maximum Gasteiger partial charge on any atom is 0.278 e. The highest BCUT2D eigenvalue weighted by Crippen LogP contribution is 2.23. The van der Waals surface area contributed by atoms with Crippen molar-refractivity contribution in [3.05, 3.63) is 64.3 Å². The zero-order valence-electron chi connectivity index (χ0n) is 19.5. The predicted octanol–water partition coefficient (Wildman–Crippen LogP) is 3.85. The van der Waals surface area contributed by atoms with Crippen molar-refractivity contribution in [3.8, 4) is 5.69 Å². The van der Waals surface area contributed by atoms with Gasteiger partial charge in [-0.3, -0.25) is 14.5 Å². The fraction of sp³-hybridized carbons (Fsp3) is 0.417. The highest BCUT2D eigenvalue weighted by molar-refractivity contribution is 5.77. The number of H-pyrrole nitrogens is 1. The van der Waals surface area contributed by atoms with Gasteiger partial charge in [-0.25, -0.2) is 9.67 Å². The lowest BCUT2D eigenvalue weighted by atomic mass is 9.96. The number of hydrogen-bond acceptors (Lipinski definition) is 5. The molecule has 0 aliphatic rings. The van der Waals surface area contributed by atoms with Gasteiger partial charge in [-0.1, -0.05) is 46.2 Å². The minimum atomic E-state index is -0.161. The van der Waals surface area contributed by atoms with E-state index in [1.807, 2.05) is 29.1 Å². The molecule has 4 rings (SSSR count). The third-order valence-corrected chi connectivity index (χ3v) is 5.25. The van der Waals surface area contributed by atoms with Gasteiger partial charge in [-0.2, -0.15) is 10.2 Å². The second-order valence-corrected chi connectivity index (χ2v) is 9.44. The number of anilines is 1. The molecule has 8 nitrogen and oxygen atoms in total. The largest absolute Gasteiger partial charge is 0.337 e. The van der Waals surface area contributed by atoms with Crippen LogP contribution >= 0.6 is 0 Å². The van der Waals surface area contributed by atoms with E-state index in [9.17, 15) is 4.79 Å². The van der Waals surface area contributed by atoms with Crippen LogP contribution in [0.1, 0.15) is 45.4 Å². The number of hydrogen-bond donors (Lipinski definition) is 1. The van der Waals surface area contributed by atoms with Crippen LogP contribution in [0.5, 0.6) is 0 Å². The van der Waals surface area contributed by atoms with E-state index in [0.717, 1.165) is 36.3 Å². The molecule has 3 heterocycles. The highest BCUT2D eigenvalue weighted by Gasteiger charge is 2.22. The Morgan fingerprint density at radius 1 is 1.19 bits per heavy atom. The van der Waals surface area contributed by atoms with Crippen molar-refractivity contribution in [1.29, 1.82) is 0 Å². The molecule has 0 amide bonds. The molecule has 168 valence electrons. The first-order chi connectivity index (χ1) is 15.2. The van der Waals surface area contributed by atoms with Gasteiger partial charge in [0.2, 0.25) is 5.95 Å². The Labute approximate surface area is 187 Å². The molecule has 0 radical (unpaired) electrons. The Hall–Kier alpha value is -3.42. The molecule has 1 N–H and O–H groups in total. The molecule has 32 heavy (non-hydrogen) atoms. The molecule has 8 heteroatoms. The smallest absolute Gasteiger partial charge is 0.278 e. The first kappa shape index (κ1) is 21.8. The first-order valence-corrected chi connectivity index (χ1v) is 11.0. The van der Waals surface area contributed by atoms with Gasteiger partial charge in [0.1, 0.15) is 5.52 Å². The van der Waals surface area contributed by atoms with Crippen molar-refractivity contribution in [2.45, 2.75) is 47.1 Å². The van der Waals surface area contributed by atoms with Crippen LogP contribution in [0.3, 0.4) is 0 Å². The van der Waals surface area contributed by atoms with Crippen molar-refractivity contribution >= 4 is 17.0 Å². The van der Waals surface area contributed by atoms with E-state index < -0.39 is 0 Å². The number of benzene rings is 1. The predicted molar refractivity (Wildman–Crippen MR) is 127 cm³/mol. The van der Waals surface area contributed by atoms with Crippen molar-refractivity contribution < 1.29 is 0 Å². The zero-order valence-corrected chi connectivity index (χ0v) is 19.5. The quantitative estimate of drug-likeness (QED) is 0.479. The number of nitrogens with one attached hydrogen (secondary N) is 1. The third-order valence-electron chi connectivity index (χ3n) is 5.25. The summed E-state index contributed by atoms with van der Waals surface area (Å²) in [5, 5.41) is 8.88. The van der Waals surface area contributed by atoms with Crippen molar-refractivity contribution in [1.82, 2.24) is 29.5 Å². The molecule has 0 aliphatic heterocycles. The van der Waals surface area contributed by atoms with Crippen LogP contribution in [0.25, 0.3) is 16.7 Å².